The van der Waals surface area contributed by atoms with Gasteiger partial charge in [-0.15, -0.1) is 0 Å². The van der Waals surface area contributed by atoms with E-state index in [9.17, 15) is 14.7 Å². The number of phenols is 1. The first-order chi connectivity index (χ1) is 15.6. The zero-order valence-corrected chi connectivity index (χ0v) is 17.6. The highest BCUT2D eigenvalue weighted by Crippen LogP contribution is 2.27. The summed E-state index contributed by atoms with van der Waals surface area (Å²) in [6.45, 7) is 2.81. The maximum absolute atomic E-state index is 12.7. The van der Waals surface area contributed by atoms with E-state index in [0.717, 1.165) is 11.1 Å². The third-order valence-corrected chi connectivity index (χ3v) is 5.25. The average molecular weight is 431 g/mol. The number of nitrogens with one attached hydrogen (secondary N) is 2. The summed E-state index contributed by atoms with van der Waals surface area (Å²) in [7, 11) is 0. The minimum Gasteiger partial charge on any atom is -0.506 e. The summed E-state index contributed by atoms with van der Waals surface area (Å²) in [4.78, 5) is 27.0. The van der Waals surface area contributed by atoms with Crippen molar-refractivity contribution in [2.24, 2.45) is 0 Å². The number of anilines is 2. The lowest BCUT2D eigenvalue weighted by molar-refractivity contribution is -0.118. The summed E-state index contributed by atoms with van der Waals surface area (Å²) in [6.07, 6.45) is 0. The van der Waals surface area contributed by atoms with Crippen LogP contribution in [0.15, 0.2) is 72.8 Å². The number of morpholine rings is 1. The molecule has 0 aliphatic carbocycles. The molecule has 0 radical (unpaired) electrons. The highest BCUT2D eigenvalue weighted by atomic mass is 16.5. The third-order valence-electron chi connectivity index (χ3n) is 5.25. The number of carbonyl (C=O) groups is 2. The van der Waals surface area contributed by atoms with Crippen molar-refractivity contribution in [2.45, 2.75) is 0 Å². The van der Waals surface area contributed by atoms with Gasteiger partial charge in [0, 0.05) is 24.3 Å². The minimum absolute atomic E-state index is 0.0643. The molecule has 1 aliphatic rings. The molecule has 3 aromatic carbocycles. The minimum atomic E-state index is -0.277. The van der Waals surface area contributed by atoms with Crippen LogP contribution in [0.3, 0.4) is 0 Å². The second-order valence-corrected chi connectivity index (χ2v) is 7.57. The normalized spacial score (nSPS) is 14.0. The number of carbonyl (C=O) groups excluding carboxylic acids is 2. The van der Waals surface area contributed by atoms with Gasteiger partial charge in [0.1, 0.15) is 5.75 Å². The predicted octanol–water partition coefficient (Wildman–Crippen LogP) is 3.58. The Morgan fingerprint density at radius 3 is 2.28 bits per heavy atom. The van der Waals surface area contributed by atoms with E-state index in [-0.39, 0.29) is 29.8 Å². The van der Waals surface area contributed by atoms with Gasteiger partial charge in [-0.1, -0.05) is 42.5 Å². The van der Waals surface area contributed by atoms with Crippen molar-refractivity contribution in [3.05, 3.63) is 78.4 Å². The maximum Gasteiger partial charge on any atom is 0.255 e. The van der Waals surface area contributed by atoms with Gasteiger partial charge >= 0.3 is 0 Å². The fourth-order valence-corrected chi connectivity index (χ4v) is 3.51. The lowest BCUT2D eigenvalue weighted by Crippen LogP contribution is -2.41. The van der Waals surface area contributed by atoms with Crippen molar-refractivity contribution in [3.63, 3.8) is 0 Å². The predicted molar refractivity (Wildman–Crippen MR) is 124 cm³/mol. The van der Waals surface area contributed by atoms with Gasteiger partial charge in [0.15, 0.2) is 0 Å². The first-order valence-corrected chi connectivity index (χ1v) is 10.5. The lowest BCUT2D eigenvalue weighted by atomic mass is 10.0. The molecule has 1 heterocycles. The highest BCUT2D eigenvalue weighted by Gasteiger charge is 2.16. The Labute approximate surface area is 186 Å². The number of hydrogen-bond donors (Lipinski definition) is 3. The molecule has 0 aromatic heterocycles. The van der Waals surface area contributed by atoms with Crippen LogP contribution in [0.25, 0.3) is 11.1 Å². The molecule has 1 saturated heterocycles. The Bertz CT molecular complexity index is 1080. The molecule has 1 fully saturated rings. The van der Waals surface area contributed by atoms with Crippen LogP contribution in [0, 0.1) is 0 Å². The van der Waals surface area contributed by atoms with E-state index in [1.807, 2.05) is 47.4 Å². The van der Waals surface area contributed by atoms with Crippen LogP contribution in [-0.4, -0.2) is 54.7 Å². The molecule has 2 amide bonds. The summed E-state index contributed by atoms with van der Waals surface area (Å²) in [5.41, 5.74) is 3.34. The van der Waals surface area contributed by atoms with Gasteiger partial charge in [-0.2, -0.15) is 0 Å². The van der Waals surface area contributed by atoms with E-state index in [1.54, 1.807) is 24.3 Å². The van der Waals surface area contributed by atoms with Crippen LogP contribution in [0.2, 0.25) is 0 Å². The van der Waals surface area contributed by atoms with Crippen LogP contribution < -0.4 is 10.6 Å². The number of rotatable bonds is 6. The zero-order valence-electron chi connectivity index (χ0n) is 17.6. The zero-order chi connectivity index (χ0) is 22.3. The molecule has 164 valence electrons. The molecule has 3 N–H and O–H groups in total. The fraction of sp³-hybridized carbons (Fsp3) is 0.200. The maximum atomic E-state index is 12.7. The van der Waals surface area contributed by atoms with Crippen molar-refractivity contribution in [1.29, 1.82) is 0 Å². The van der Waals surface area contributed by atoms with Crippen molar-refractivity contribution >= 4 is 23.2 Å². The molecule has 0 atom stereocenters. The Balaban J connectivity index is 1.39. The van der Waals surface area contributed by atoms with Gasteiger partial charge < -0.3 is 20.5 Å². The molecule has 0 spiro atoms. The molecular formula is C25H25N3O4. The summed E-state index contributed by atoms with van der Waals surface area (Å²) in [5, 5.41) is 15.6. The van der Waals surface area contributed by atoms with E-state index in [0.29, 0.717) is 37.6 Å². The molecule has 0 bridgehead atoms. The topological polar surface area (TPSA) is 90.9 Å². The standard InChI is InChI=1S/C25H25N3O4/c29-23-11-10-21(16-22(23)27-24(30)17-28-12-14-32-15-13-28)26-25(31)20-8-6-19(7-9-20)18-4-2-1-3-5-18/h1-11,16,29H,12-15,17H2,(H,26,31)(H,27,30). The molecule has 7 heteroatoms. The van der Waals surface area contributed by atoms with Crippen LogP contribution in [-0.2, 0) is 9.53 Å². The number of benzene rings is 3. The van der Waals surface area contributed by atoms with Crippen molar-refractivity contribution in [2.75, 3.05) is 43.5 Å². The number of nitrogens with zero attached hydrogens (tertiary/aromatic N) is 1. The van der Waals surface area contributed by atoms with Gasteiger partial charge in [-0.05, 0) is 41.5 Å². The quantitative estimate of drug-likeness (QED) is 0.410. The number of phenolic OH excluding ortho intramolecular Hbond substituents is 1. The fourth-order valence-electron chi connectivity index (χ4n) is 3.51. The van der Waals surface area contributed by atoms with E-state index < -0.39 is 0 Å². The van der Waals surface area contributed by atoms with Crippen LogP contribution >= 0.6 is 0 Å². The summed E-state index contributed by atoms with van der Waals surface area (Å²) < 4.78 is 5.28. The monoisotopic (exact) mass is 431 g/mol. The van der Waals surface area contributed by atoms with Crippen LogP contribution in [0.5, 0.6) is 5.75 Å². The first kappa shape index (κ1) is 21.5. The van der Waals surface area contributed by atoms with E-state index in [4.69, 9.17) is 4.74 Å². The average Bonchev–Trinajstić information content (AvgIpc) is 2.82. The van der Waals surface area contributed by atoms with Gasteiger partial charge in [-0.25, -0.2) is 0 Å². The van der Waals surface area contributed by atoms with E-state index in [2.05, 4.69) is 10.6 Å². The first-order valence-electron chi connectivity index (χ1n) is 10.5. The van der Waals surface area contributed by atoms with Gasteiger partial charge in [-0.3, -0.25) is 14.5 Å². The smallest absolute Gasteiger partial charge is 0.255 e. The SMILES string of the molecule is O=C(CN1CCOCC1)Nc1cc(NC(=O)c2ccc(-c3ccccc3)cc2)ccc1O. The Morgan fingerprint density at radius 1 is 0.875 bits per heavy atom. The second-order valence-electron chi connectivity index (χ2n) is 7.57. The van der Waals surface area contributed by atoms with Gasteiger partial charge in [0.2, 0.25) is 5.91 Å². The molecule has 7 nitrogen and oxygen atoms in total. The highest BCUT2D eigenvalue weighted by molar-refractivity contribution is 6.05. The van der Waals surface area contributed by atoms with E-state index in [1.165, 1.54) is 6.07 Å². The van der Waals surface area contributed by atoms with Crippen molar-refractivity contribution in [3.8, 4) is 16.9 Å². The van der Waals surface area contributed by atoms with Crippen molar-refractivity contribution in [1.82, 2.24) is 4.90 Å². The Hall–Kier alpha value is -3.68. The summed E-state index contributed by atoms with van der Waals surface area (Å²) in [6, 6.07) is 21.8. The molecule has 1 aliphatic heterocycles. The second kappa shape index (κ2) is 10.1. The molecular weight excluding hydrogens is 406 g/mol. The number of ether oxygens (including phenoxy) is 1. The summed E-state index contributed by atoms with van der Waals surface area (Å²) in [5.74, 6) is -0.575. The van der Waals surface area contributed by atoms with E-state index >= 15 is 0 Å². The summed E-state index contributed by atoms with van der Waals surface area (Å²) >= 11 is 0. The Kier molecular flexibility index (Phi) is 6.79. The molecule has 4 rings (SSSR count). The molecule has 0 saturated carbocycles. The molecule has 32 heavy (non-hydrogen) atoms. The van der Waals surface area contributed by atoms with Crippen LogP contribution in [0.1, 0.15) is 10.4 Å². The number of aromatic hydroxyl groups is 1. The van der Waals surface area contributed by atoms with Gasteiger partial charge in [0.25, 0.3) is 5.91 Å². The molecule has 0 unspecified atom stereocenters. The third kappa shape index (κ3) is 5.51. The van der Waals surface area contributed by atoms with Crippen molar-refractivity contribution < 1.29 is 19.4 Å². The lowest BCUT2D eigenvalue weighted by Gasteiger charge is -2.25. The van der Waals surface area contributed by atoms with Gasteiger partial charge in [0.05, 0.1) is 25.4 Å². The number of hydrogen-bond acceptors (Lipinski definition) is 5. The van der Waals surface area contributed by atoms with Crippen LogP contribution in [0.4, 0.5) is 11.4 Å². The number of amides is 2. The Morgan fingerprint density at radius 2 is 1.56 bits per heavy atom. The largest absolute Gasteiger partial charge is 0.506 e. The molecule has 3 aromatic rings.